The van der Waals surface area contributed by atoms with Crippen molar-refractivity contribution in [1.82, 2.24) is 9.78 Å². The zero-order valence-corrected chi connectivity index (χ0v) is 8.99. The molecule has 0 aliphatic carbocycles. The molecule has 6 nitrogen and oxygen atoms in total. The number of methoxy groups -OCH3 is 1. The number of benzene rings is 1. The minimum Gasteiger partial charge on any atom is -0.504 e. The Hall–Kier alpha value is -2.50. The third-order valence-electron chi connectivity index (χ3n) is 2.27. The van der Waals surface area contributed by atoms with Crippen molar-refractivity contribution in [3.63, 3.8) is 0 Å². The third kappa shape index (κ3) is 1.80. The van der Waals surface area contributed by atoms with E-state index in [0.29, 0.717) is 11.4 Å². The van der Waals surface area contributed by atoms with Crippen LogP contribution >= 0.6 is 0 Å². The van der Waals surface area contributed by atoms with Crippen molar-refractivity contribution in [3.05, 3.63) is 36.2 Å². The lowest BCUT2D eigenvalue weighted by atomic mass is 10.3. The van der Waals surface area contributed by atoms with E-state index in [0.717, 1.165) is 10.9 Å². The highest BCUT2D eigenvalue weighted by Gasteiger charge is 2.20. The van der Waals surface area contributed by atoms with Crippen molar-refractivity contribution in [2.24, 2.45) is 0 Å². The van der Waals surface area contributed by atoms with E-state index in [1.165, 1.54) is 7.11 Å². The number of para-hydroxylation sites is 2. The van der Waals surface area contributed by atoms with Crippen LogP contribution in [0.25, 0.3) is 5.69 Å². The molecule has 0 amide bonds. The normalized spacial score (nSPS) is 10.2. The number of rotatable bonds is 3. The van der Waals surface area contributed by atoms with Crippen LogP contribution < -0.4 is 4.74 Å². The first-order chi connectivity index (χ1) is 8.15. The fourth-order valence-corrected chi connectivity index (χ4v) is 1.53. The van der Waals surface area contributed by atoms with E-state index < -0.39 is 5.97 Å². The zero-order valence-electron chi connectivity index (χ0n) is 8.99. The molecule has 0 saturated heterocycles. The Morgan fingerprint density at radius 1 is 1.41 bits per heavy atom. The molecule has 0 bridgehead atoms. The smallest absolute Gasteiger partial charge is 0.358 e. The fourth-order valence-electron chi connectivity index (χ4n) is 1.53. The van der Waals surface area contributed by atoms with Crippen molar-refractivity contribution >= 4 is 5.97 Å². The minimum absolute atomic E-state index is 0.297. The molecule has 2 aromatic rings. The molecule has 0 aliphatic heterocycles. The Balaban J connectivity index is 2.65. The molecule has 1 aromatic carbocycles. The molecule has 0 fully saturated rings. The summed E-state index contributed by atoms with van der Waals surface area (Å²) in [4.78, 5) is 11.0. The van der Waals surface area contributed by atoms with Crippen LogP contribution in [0.1, 0.15) is 10.5 Å². The average Bonchev–Trinajstić information content (AvgIpc) is 2.71. The highest BCUT2D eigenvalue weighted by molar-refractivity contribution is 5.89. The van der Waals surface area contributed by atoms with Crippen LogP contribution in [0, 0.1) is 0 Å². The van der Waals surface area contributed by atoms with E-state index in [1.54, 1.807) is 24.3 Å². The van der Waals surface area contributed by atoms with Gasteiger partial charge in [0, 0.05) is 0 Å². The van der Waals surface area contributed by atoms with Crippen LogP contribution in [-0.4, -0.2) is 33.1 Å². The van der Waals surface area contributed by atoms with Crippen molar-refractivity contribution in [3.8, 4) is 17.2 Å². The Morgan fingerprint density at radius 2 is 2.12 bits per heavy atom. The van der Waals surface area contributed by atoms with Crippen molar-refractivity contribution in [2.45, 2.75) is 0 Å². The van der Waals surface area contributed by atoms with Crippen LogP contribution in [-0.2, 0) is 0 Å². The lowest BCUT2D eigenvalue weighted by molar-refractivity contribution is 0.0683. The van der Waals surface area contributed by atoms with E-state index in [9.17, 15) is 9.90 Å². The fraction of sp³-hybridized carbons (Fsp3) is 0.0909. The lowest BCUT2D eigenvalue weighted by Gasteiger charge is -2.09. The highest BCUT2D eigenvalue weighted by Crippen LogP contribution is 2.26. The lowest BCUT2D eigenvalue weighted by Crippen LogP contribution is -2.09. The van der Waals surface area contributed by atoms with Crippen LogP contribution in [0.15, 0.2) is 30.5 Å². The number of carbonyl (C=O) groups is 1. The maximum Gasteiger partial charge on any atom is 0.358 e. The van der Waals surface area contributed by atoms with Crippen LogP contribution in [0.4, 0.5) is 0 Å². The predicted octanol–water partition coefficient (Wildman–Crippen LogP) is 1.28. The van der Waals surface area contributed by atoms with Crippen LogP contribution in [0.3, 0.4) is 0 Å². The molecule has 6 heteroatoms. The van der Waals surface area contributed by atoms with Gasteiger partial charge in [0.05, 0.1) is 13.3 Å². The molecular weight excluding hydrogens is 224 g/mol. The van der Waals surface area contributed by atoms with Crippen molar-refractivity contribution in [2.75, 3.05) is 7.11 Å². The van der Waals surface area contributed by atoms with Gasteiger partial charge in [-0.25, -0.2) is 9.48 Å². The van der Waals surface area contributed by atoms with E-state index in [4.69, 9.17) is 9.84 Å². The zero-order chi connectivity index (χ0) is 12.4. The van der Waals surface area contributed by atoms with E-state index in [-0.39, 0.29) is 11.4 Å². The van der Waals surface area contributed by atoms with Gasteiger partial charge in [-0.05, 0) is 12.1 Å². The molecule has 0 saturated carbocycles. The monoisotopic (exact) mass is 234 g/mol. The van der Waals surface area contributed by atoms with E-state index in [2.05, 4.69) is 5.10 Å². The van der Waals surface area contributed by atoms with E-state index >= 15 is 0 Å². The number of carboxylic acid groups (broad SMARTS) is 1. The summed E-state index contributed by atoms with van der Waals surface area (Å²) >= 11 is 0. The molecule has 2 rings (SSSR count). The second kappa shape index (κ2) is 4.17. The first-order valence-electron chi connectivity index (χ1n) is 4.79. The molecule has 17 heavy (non-hydrogen) atoms. The number of aromatic hydroxyl groups is 1. The van der Waals surface area contributed by atoms with Gasteiger partial charge in [0.25, 0.3) is 0 Å². The second-order valence-corrected chi connectivity index (χ2v) is 3.27. The Morgan fingerprint density at radius 3 is 2.76 bits per heavy atom. The summed E-state index contributed by atoms with van der Waals surface area (Å²) in [7, 11) is 1.47. The number of aromatic nitrogens is 2. The largest absolute Gasteiger partial charge is 0.504 e. The van der Waals surface area contributed by atoms with Crippen LogP contribution in [0.5, 0.6) is 11.5 Å². The first-order valence-corrected chi connectivity index (χ1v) is 4.79. The number of nitrogens with zero attached hydrogens (tertiary/aromatic N) is 2. The van der Waals surface area contributed by atoms with Gasteiger partial charge in [0.2, 0.25) is 0 Å². The maximum atomic E-state index is 11.0. The van der Waals surface area contributed by atoms with Gasteiger partial charge >= 0.3 is 5.97 Å². The molecule has 1 heterocycles. The van der Waals surface area contributed by atoms with Gasteiger partial charge in [-0.15, -0.1) is 0 Å². The van der Waals surface area contributed by atoms with Crippen molar-refractivity contribution < 1.29 is 19.7 Å². The summed E-state index contributed by atoms with van der Waals surface area (Å²) in [5, 5.41) is 22.2. The summed E-state index contributed by atoms with van der Waals surface area (Å²) in [6.07, 6.45) is 1.08. The molecule has 0 radical (unpaired) electrons. The molecule has 88 valence electrons. The molecule has 2 N–H and O–H groups in total. The summed E-state index contributed by atoms with van der Waals surface area (Å²) in [6, 6.07) is 6.81. The van der Waals surface area contributed by atoms with Gasteiger partial charge in [-0.1, -0.05) is 12.1 Å². The topological polar surface area (TPSA) is 84.6 Å². The van der Waals surface area contributed by atoms with Gasteiger partial charge < -0.3 is 14.9 Å². The summed E-state index contributed by atoms with van der Waals surface area (Å²) in [5.41, 5.74) is 0.155. The summed E-state index contributed by atoms with van der Waals surface area (Å²) in [5.74, 6) is -1.17. The molecule has 0 atom stereocenters. The molecule has 0 spiro atoms. The highest BCUT2D eigenvalue weighted by atomic mass is 16.5. The summed E-state index contributed by atoms with van der Waals surface area (Å²) < 4.78 is 6.23. The molecule has 1 aromatic heterocycles. The summed E-state index contributed by atoms with van der Waals surface area (Å²) in [6.45, 7) is 0. The van der Waals surface area contributed by atoms with Gasteiger partial charge in [-0.3, -0.25) is 0 Å². The second-order valence-electron chi connectivity index (χ2n) is 3.27. The minimum atomic E-state index is -1.26. The van der Waals surface area contributed by atoms with Crippen LogP contribution in [0.2, 0.25) is 0 Å². The number of hydrogen-bond donors (Lipinski definition) is 2. The molecule has 0 aliphatic rings. The van der Waals surface area contributed by atoms with Gasteiger partial charge in [-0.2, -0.15) is 5.10 Å². The Kier molecular flexibility index (Phi) is 2.70. The average molecular weight is 234 g/mol. The molecular formula is C11H10N2O4. The SMILES string of the molecule is COc1ccccc1-n1ncc(O)c1C(=O)O. The van der Waals surface area contributed by atoms with Gasteiger partial charge in [0.15, 0.2) is 11.4 Å². The number of aromatic carboxylic acids is 1. The quantitative estimate of drug-likeness (QED) is 0.835. The number of carboxylic acids is 1. The Bertz CT molecular complexity index is 562. The molecule has 0 unspecified atom stereocenters. The van der Waals surface area contributed by atoms with Crippen molar-refractivity contribution in [1.29, 1.82) is 0 Å². The third-order valence-corrected chi connectivity index (χ3v) is 2.27. The van der Waals surface area contributed by atoms with Gasteiger partial charge in [0.1, 0.15) is 11.4 Å². The first kappa shape index (κ1) is 11.0. The van der Waals surface area contributed by atoms with E-state index in [1.807, 2.05) is 0 Å². The standard InChI is InChI=1S/C11H10N2O4/c1-17-9-5-3-2-4-7(9)13-10(11(15)16)8(14)6-12-13/h2-6,14H,1H3,(H,15,16). The Labute approximate surface area is 96.7 Å². The number of ether oxygens (including phenoxy) is 1. The number of hydrogen-bond acceptors (Lipinski definition) is 4. The maximum absolute atomic E-state index is 11.0. The predicted molar refractivity (Wildman–Crippen MR) is 58.7 cm³/mol.